The molecule has 0 radical (unpaired) electrons. The second kappa shape index (κ2) is 6.64. The molecule has 0 saturated carbocycles. The number of nitrogens with zero attached hydrogens (tertiary/aromatic N) is 2. The summed E-state index contributed by atoms with van der Waals surface area (Å²) in [5.41, 5.74) is -0.475. The fraction of sp³-hybridized carbons (Fsp3) is 0.600. The Morgan fingerprint density at radius 1 is 1.43 bits per heavy atom. The second-order valence-electron chi connectivity index (χ2n) is 6.11. The van der Waals surface area contributed by atoms with Gasteiger partial charge in [0.15, 0.2) is 0 Å². The Hall–Kier alpha value is -1.30. The van der Waals surface area contributed by atoms with E-state index in [4.69, 9.17) is 9.47 Å². The first-order valence-electron chi connectivity index (χ1n) is 7.10. The van der Waals surface area contributed by atoms with E-state index in [2.05, 4.69) is 20.9 Å². The van der Waals surface area contributed by atoms with Gasteiger partial charge in [0.05, 0.1) is 6.54 Å². The standard InChI is InChI=1S/C15H21BrN2O3/c1-15(2,3)21-14(19)18-9-5-6-11(10-18)20-13-8-4-7-12(16)17-13/h4,7-8,11H,5-6,9-10H2,1-3H3/t11-/m1/s1. The number of carbonyl (C=O) groups is 1. The Bertz CT molecular complexity index is 502. The number of rotatable bonds is 2. The second-order valence-corrected chi connectivity index (χ2v) is 6.92. The summed E-state index contributed by atoms with van der Waals surface area (Å²) >= 11 is 3.32. The first kappa shape index (κ1) is 16.1. The van der Waals surface area contributed by atoms with E-state index in [1.165, 1.54) is 0 Å². The Balaban J connectivity index is 1.93. The highest BCUT2D eigenvalue weighted by molar-refractivity contribution is 9.10. The number of piperidine rings is 1. The molecule has 1 amide bonds. The van der Waals surface area contributed by atoms with Gasteiger partial charge in [-0.15, -0.1) is 0 Å². The van der Waals surface area contributed by atoms with Crippen LogP contribution in [0.15, 0.2) is 22.8 Å². The van der Waals surface area contributed by atoms with Crippen LogP contribution in [0, 0.1) is 0 Å². The molecule has 1 saturated heterocycles. The molecule has 0 aromatic carbocycles. The Kier molecular flexibility index (Phi) is 5.08. The fourth-order valence-corrected chi connectivity index (χ4v) is 2.48. The van der Waals surface area contributed by atoms with Crippen LogP contribution in [0.2, 0.25) is 0 Å². The van der Waals surface area contributed by atoms with E-state index < -0.39 is 5.60 Å². The van der Waals surface area contributed by atoms with Crippen molar-refractivity contribution in [3.05, 3.63) is 22.8 Å². The number of amides is 1. The number of likely N-dealkylation sites (tertiary alicyclic amines) is 1. The van der Waals surface area contributed by atoms with E-state index >= 15 is 0 Å². The van der Waals surface area contributed by atoms with E-state index in [1.54, 1.807) is 4.90 Å². The molecule has 0 aliphatic carbocycles. The molecular formula is C15H21BrN2O3. The van der Waals surface area contributed by atoms with Crippen molar-refractivity contribution in [1.82, 2.24) is 9.88 Å². The van der Waals surface area contributed by atoms with Gasteiger partial charge in [-0.05, 0) is 55.6 Å². The summed E-state index contributed by atoms with van der Waals surface area (Å²) in [6.45, 7) is 6.85. The lowest BCUT2D eigenvalue weighted by molar-refractivity contribution is 0.00720. The maximum absolute atomic E-state index is 12.1. The Morgan fingerprint density at radius 3 is 2.86 bits per heavy atom. The van der Waals surface area contributed by atoms with Gasteiger partial charge < -0.3 is 14.4 Å². The summed E-state index contributed by atoms with van der Waals surface area (Å²) in [6.07, 6.45) is 1.48. The first-order valence-corrected chi connectivity index (χ1v) is 7.90. The van der Waals surface area contributed by atoms with E-state index in [0.717, 1.165) is 17.4 Å². The van der Waals surface area contributed by atoms with Crippen LogP contribution >= 0.6 is 15.9 Å². The smallest absolute Gasteiger partial charge is 0.410 e. The van der Waals surface area contributed by atoms with Gasteiger partial charge in [0, 0.05) is 12.6 Å². The van der Waals surface area contributed by atoms with Crippen molar-refractivity contribution in [2.75, 3.05) is 13.1 Å². The van der Waals surface area contributed by atoms with Crippen molar-refractivity contribution in [1.29, 1.82) is 0 Å². The molecule has 1 fully saturated rings. The van der Waals surface area contributed by atoms with Gasteiger partial charge in [-0.3, -0.25) is 0 Å². The highest BCUT2D eigenvalue weighted by Gasteiger charge is 2.28. The number of pyridine rings is 1. The number of aromatic nitrogens is 1. The highest BCUT2D eigenvalue weighted by atomic mass is 79.9. The van der Waals surface area contributed by atoms with E-state index in [0.29, 0.717) is 19.0 Å². The van der Waals surface area contributed by atoms with Gasteiger partial charge in [0.2, 0.25) is 5.88 Å². The summed E-state index contributed by atoms with van der Waals surface area (Å²) < 4.78 is 12.0. The molecule has 0 spiro atoms. The quantitative estimate of drug-likeness (QED) is 0.759. The third-order valence-electron chi connectivity index (χ3n) is 3.01. The zero-order valence-corrected chi connectivity index (χ0v) is 14.2. The van der Waals surface area contributed by atoms with E-state index in [-0.39, 0.29) is 12.2 Å². The third kappa shape index (κ3) is 5.19. The molecule has 0 bridgehead atoms. The molecular weight excluding hydrogens is 336 g/mol. The molecule has 1 atom stereocenters. The summed E-state index contributed by atoms with van der Waals surface area (Å²) in [6, 6.07) is 5.54. The van der Waals surface area contributed by atoms with Crippen LogP contribution in [0.1, 0.15) is 33.6 Å². The minimum absolute atomic E-state index is 0.0481. The molecule has 1 aromatic heterocycles. The van der Waals surface area contributed by atoms with Crippen molar-refractivity contribution in [3.63, 3.8) is 0 Å². The van der Waals surface area contributed by atoms with Crippen molar-refractivity contribution in [2.45, 2.75) is 45.3 Å². The van der Waals surface area contributed by atoms with Gasteiger partial charge in [0.1, 0.15) is 16.3 Å². The van der Waals surface area contributed by atoms with Gasteiger partial charge in [-0.2, -0.15) is 0 Å². The van der Waals surface area contributed by atoms with Crippen LogP contribution in [0.4, 0.5) is 4.79 Å². The van der Waals surface area contributed by atoms with Crippen LogP contribution in [-0.4, -0.2) is 40.8 Å². The topological polar surface area (TPSA) is 51.7 Å². The molecule has 5 nitrogen and oxygen atoms in total. The SMILES string of the molecule is CC(C)(C)OC(=O)N1CCC[C@@H](Oc2cccc(Br)n2)C1. The molecule has 1 aliphatic heterocycles. The number of hydrogen-bond donors (Lipinski definition) is 0. The molecule has 2 rings (SSSR count). The fourth-order valence-electron chi connectivity index (χ4n) is 2.15. The average molecular weight is 357 g/mol. The minimum Gasteiger partial charge on any atom is -0.472 e. The lowest BCUT2D eigenvalue weighted by atomic mass is 10.1. The zero-order valence-electron chi connectivity index (χ0n) is 12.6. The molecule has 1 aromatic rings. The Morgan fingerprint density at radius 2 is 2.19 bits per heavy atom. The predicted molar refractivity (Wildman–Crippen MR) is 83.4 cm³/mol. The van der Waals surface area contributed by atoms with Gasteiger partial charge in [0.25, 0.3) is 0 Å². The molecule has 2 heterocycles. The molecule has 0 N–H and O–H groups in total. The molecule has 116 valence electrons. The third-order valence-corrected chi connectivity index (χ3v) is 3.45. The van der Waals surface area contributed by atoms with Crippen LogP contribution < -0.4 is 4.74 Å². The highest BCUT2D eigenvalue weighted by Crippen LogP contribution is 2.20. The minimum atomic E-state index is -0.475. The zero-order chi connectivity index (χ0) is 15.5. The van der Waals surface area contributed by atoms with E-state index in [9.17, 15) is 4.79 Å². The summed E-state index contributed by atoms with van der Waals surface area (Å²) in [5, 5.41) is 0. The van der Waals surface area contributed by atoms with Crippen LogP contribution in [-0.2, 0) is 4.74 Å². The summed E-state index contributed by atoms with van der Waals surface area (Å²) in [4.78, 5) is 18.1. The van der Waals surface area contributed by atoms with Crippen LogP contribution in [0.25, 0.3) is 0 Å². The largest absolute Gasteiger partial charge is 0.472 e. The van der Waals surface area contributed by atoms with E-state index in [1.807, 2.05) is 39.0 Å². The van der Waals surface area contributed by atoms with Crippen molar-refractivity contribution < 1.29 is 14.3 Å². The van der Waals surface area contributed by atoms with Gasteiger partial charge >= 0.3 is 6.09 Å². The first-order chi connectivity index (χ1) is 9.83. The molecule has 21 heavy (non-hydrogen) atoms. The Labute approximate surface area is 133 Å². The molecule has 1 aliphatic rings. The number of ether oxygens (including phenoxy) is 2. The number of carbonyl (C=O) groups excluding carboxylic acids is 1. The monoisotopic (exact) mass is 356 g/mol. The van der Waals surface area contributed by atoms with Crippen LogP contribution in [0.5, 0.6) is 5.88 Å². The van der Waals surface area contributed by atoms with Crippen molar-refractivity contribution in [3.8, 4) is 5.88 Å². The average Bonchev–Trinajstić information content (AvgIpc) is 2.37. The van der Waals surface area contributed by atoms with Gasteiger partial charge in [-0.25, -0.2) is 9.78 Å². The predicted octanol–water partition coefficient (Wildman–Crippen LogP) is 3.62. The number of hydrogen-bond acceptors (Lipinski definition) is 4. The van der Waals surface area contributed by atoms with Crippen LogP contribution in [0.3, 0.4) is 0 Å². The maximum Gasteiger partial charge on any atom is 0.410 e. The molecule has 0 unspecified atom stereocenters. The molecule has 6 heteroatoms. The van der Waals surface area contributed by atoms with Crippen molar-refractivity contribution >= 4 is 22.0 Å². The number of halogens is 1. The maximum atomic E-state index is 12.1. The van der Waals surface area contributed by atoms with Gasteiger partial charge in [-0.1, -0.05) is 6.07 Å². The lowest BCUT2D eigenvalue weighted by Gasteiger charge is -2.33. The van der Waals surface area contributed by atoms with Crippen molar-refractivity contribution in [2.24, 2.45) is 0 Å². The normalized spacial score (nSPS) is 19.2. The lowest BCUT2D eigenvalue weighted by Crippen LogP contribution is -2.46. The summed E-state index contributed by atoms with van der Waals surface area (Å²) in [7, 11) is 0. The summed E-state index contributed by atoms with van der Waals surface area (Å²) in [5.74, 6) is 0.570.